The van der Waals surface area contributed by atoms with Crippen molar-refractivity contribution in [2.45, 2.75) is 0 Å². The number of rotatable bonds is 2. The number of hydrogen-bond donors (Lipinski definition) is 4. The first-order valence-electron chi connectivity index (χ1n) is 6.53. The third-order valence-corrected chi connectivity index (χ3v) is 3.47. The monoisotopic (exact) mass is 314 g/mol. The number of furan rings is 1. The number of hydrogen-bond acceptors (Lipinski definition) is 5. The lowest BCUT2D eigenvalue weighted by Gasteiger charge is -2.13. The topological polar surface area (TPSA) is 158 Å². The number of fused-ring (bicyclic) bond motifs is 3. The van der Waals surface area contributed by atoms with Crippen molar-refractivity contribution in [3.8, 4) is 0 Å². The normalized spacial score (nSPS) is 10.9. The van der Waals surface area contributed by atoms with Crippen LogP contribution in [0.2, 0.25) is 0 Å². The van der Waals surface area contributed by atoms with Crippen LogP contribution < -0.4 is 33.2 Å². The Morgan fingerprint density at radius 3 is 1.52 bits per heavy atom. The fourth-order valence-corrected chi connectivity index (χ4v) is 2.31. The molecule has 1 heterocycles. The lowest BCUT2D eigenvalue weighted by molar-refractivity contribution is 0.253. The Kier molecular flexibility index (Phi) is 3.28. The van der Waals surface area contributed by atoms with Crippen molar-refractivity contribution in [1.82, 2.24) is 0 Å². The summed E-state index contributed by atoms with van der Waals surface area (Å²) in [7, 11) is 0. The van der Waals surface area contributed by atoms with Crippen LogP contribution in [0.15, 0.2) is 40.8 Å². The lowest BCUT2D eigenvalue weighted by Crippen LogP contribution is -2.41. The zero-order chi connectivity index (χ0) is 16.7. The molecule has 0 aliphatic rings. The maximum Gasteiger partial charge on any atom is 0.333 e. The Bertz CT molecular complexity index is 861. The average Bonchev–Trinajstić information content (AvgIpc) is 2.89. The molecule has 1 aromatic heterocycles. The van der Waals surface area contributed by atoms with Gasteiger partial charge in [-0.3, -0.25) is 0 Å². The van der Waals surface area contributed by atoms with E-state index in [-0.39, 0.29) is 0 Å². The minimum absolute atomic E-state index is 0.391. The van der Waals surface area contributed by atoms with Crippen LogP contribution in [0, 0.1) is 0 Å². The second-order valence-electron chi connectivity index (χ2n) is 4.88. The van der Waals surface area contributed by atoms with E-state index in [2.05, 4.69) is 0 Å². The van der Waals surface area contributed by atoms with Crippen LogP contribution in [0.3, 0.4) is 0 Å². The fraction of sp³-hybridized carbons (Fsp3) is 0. The molecule has 9 heteroatoms. The van der Waals surface area contributed by atoms with E-state index in [0.717, 1.165) is 20.8 Å². The molecule has 2 aromatic carbocycles. The van der Waals surface area contributed by atoms with Gasteiger partial charge in [-0.1, -0.05) is 0 Å². The molecule has 3 aromatic rings. The molecule has 0 spiro atoms. The van der Waals surface area contributed by atoms with Crippen molar-refractivity contribution in [3.05, 3.63) is 36.4 Å². The van der Waals surface area contributed by atoms with Gasteiger partial charge in [0.15, 0.2) is 0 Å². The number of benzene rings is 2. The molecule has 3 rings (SSSR count). The molecule has 0 saturated carbocycles. The molecule has 0 radical (unpaired) electrons. The summed E-state index contributed by atoms with van der Waals surface area (Å²) in [5.74, 6) is 11.1. The number of amides is 4. The fourth-order valence-electron chi connectivity index (χ4n) is 2.31. The van der Waals surface area contributed by atoms with Crippen LogP contribution in [0.25, 0.3) is 21.9 Å². The molecule has 0 fully saturated rings. The smallest absolute Gasteiger partial charge is 0.333 e. The second kappa shape index (κ2) is 5.16. The Hall–Kier alpha value is -3.30. The summed E-state index contributed by atoms with van der Waals surface area (Å²) < 4.78 is 5.72. The number of primary amides is 2. The first kappa shape index (κ1) is 14.6. The summed E-state index contributed by atoms with van der Waals surface area (Å²) in [6, 6.07) is 8.41. The predicted molar refractivity (Wildman–Crippen MR) is 86.2 cm³/mol. The van der Waals surface area contributed by atoms with Crippen molar-refractivity contribution in [1.29, 1.82) is 0 Å². The van der Waals surface area contributed by atoms with Gasteiger partial charge in [0.25, 0.3) is 0 Å². The van der Waals surface area contributed by atoms with Gasteiger partial charge < -0.3 is 15.9 Å². The van der Waals surface area contributed by atoms with E-state index in [4.69, 9.17) is 27.6 Å². The largest absolute Gasteiger partial charge is 0.456 e. The van der Waals surface area contributed by atoms with Crippen LogP contribution in [0.1, 0.15) is 0 Å². The first-order chi connectivity index (χ1) is 10.9. The maximum atomic E-state index is 11.1. The second-order valence-corrected chi connectivity index (χ2v) is 4.88. The van der Waals surface area contributed by atoms with E-state index >= 15 is 0 Å². The van der Waals surface area contributed by atoms with Crippen LogP contribution in [0.5, 0.6) is 0 Å². The standard InChI is InChI=1S/C14H14N6O3/c15-13(21)19(17)7-1-3-9-10-4-2-8(20(18)14(16)22)6-12(10)23-11(9)5-7/h1-6H,17-18H2,(H2,15,21)(H2,16,22). The van der Waals surface area contributed by atoms with Gasteiger partial charge in [0.2, 0.25) is 0 Å². The quantitative estimate of drug-likeness (QED) is 0.316. The summed E-state index contributed by atoms with van der Waals surface area (Å²) in [4.78, 5) is 22.2. The van der Waals surface area contributed by atoms with Gasteiger partial charge in [-0.05, 0) is 24.3 Å². The molecular formula is C14H14N6O3. The summed E-state index contributed by atoms with van der Waals surface area (Å²) in [5.41, 5.74) is 12.1. The number of urea groups is 2. The third kappa shape index (κ3) is 2.39. The molecule has 0 aliphatic heterocycles. The summed E-state index contributed by atoms with van der Waals surface area (Å²) in [6.07, 6.45) is 0. The molecule has 23 heavy (non-hydrogen) atoms. The van der Waals surface area contributed by atoms with Crippen molar-refractivity contribution in [3.63, 3.8) is 0 Å². The van der Waals surface area contributed by atoms with Crippen molar-refractivity contribution < 1.29 is 14.0 Å². The molecule has 8 N–H and O–H groups in total. The molecule has 118 valence electrons. The molecular weight excluding hydrogens is 300 g/mol. The summed E-state index contributed by atoms with van der Waals surface area (Å²) in [6.45, 7) is 0. The van der Waals surface area contributed by atoms with Gasteiger partial charge in [0.05, 0.1) is 11.4 Å². The number of anilines is 2. The van der Waals surface area contributed by atoms with E-state index in [1.165, 1.54) is 0 Å². The van der Waals surface area contributed by atoms with E-state index in [1.54, 1.807) is 36.4 Å². The number of carbonyl (C=O) groups is 2. The van der Waals surface area contributed by atoms with E-state index in [1.807, 2.05) is 0 Å². The molecule has 9 nitrogen and oxygen atoms in total. The Labute approximate surface area is 129 Å². The SMILES string of the molecule is NC(=O)N(N)c1ccc2c(c1)oc1cc(N(N)C(N)=O)ccc12. The minimum atomic E-state index is -0.789. The molecule has 4 amide bonds. The Morgan fingerprint density at radius 2 is 1.17 bits per heavy atom. The predicted octanol–water partition coefficient (Wildman–Crippen LogP) is 1.10. The van der Waals surface area contributed by atoms with Crippen LogP contribution in [-0.2, 0) is 0 Å². The lowest BCUT2D eigenvalue weighted by atomic mass is 10.1. The number of hydrazine groups is 2. The molecule has 0 atom stereocenters. The molecule has 0 bridgehead atoms. The number of nitrogens with two attached hydrogens (primary N) is 4. The van der Waals surface area contributed by atoms with Gasteiger partial charge in [0.1, 0.15) is 11.2 Å². The Balaban J connectivity index is 2.14. The zero-order valence-corrected chi connectivity index (χ0v) is 11.9. The highest BCUT2D eigenvalue weighted by Gasteiger charge is 2.14. The molecule has 0 saturated heterocycles. The summed E-state index contributed by atoms with van der Waals surface area (Å²) >= 11 is 0. The zero-order valence-electron chi connectivity index (χ0n) is 11.9. The van der Waals surface area contributed by atoms with Crippen molar-refractivity contribution >= 4 is 45.4 Å². The van der Waals surface area contributed by atoms with Gasteiger partial charge in [-0.25, -0.2) is 31.3 Å². The minimum Gasteiger partial charge on any atom is -0.456 e. The van der Waals surface area contributed by atoms with Gasteiger partial charge in [-0.15, -0.1) is 0 Å². The van der Waals surface area contributed by atoms with E-state index in [9.17, 15) is 9.59 Å². The highest BCUT2D eigenvalue weighted by Crippen LogP contribution is 2.33. The average molecular weight is 314 g/mol. The van der Waals surface area contributed by atoms with Gasteiger partial charge >= 0.3 is 12.1 Å². The van der Waals surface area contributed by atoms with Crippen molar-refractivity contribution in [2.24, 2.45) is 23.2 Å². The molecule has 0 unspecified atom stereocenters. The van der Waals surface area contributed by atoms with Gasteiger partial charge in [0, 0.05) is 22.9 Å². The van der Waals surface area contributed by atoms with E-state index in [0.29, 0.717) is 22.5 Å². The van der Waals surface area contributed by atoms with Crippen molar-refractivity contribution in [2.75, 3.05) is 10.0 Å². The third-order valence-electron chi connectivity index (χ3n) is 3.47. The highest BCUT2D eigenvalue weighted by molar-refractivity contribution is 6.07. The highest BCUT2D eigenvalue weighted by atomic mass is 16.3. The number of carbonyl (C=O) groups excluding carboxylic acids is 2. The van der Waals surface area contributed by atoms with E-state index < -0.39 is 12.1 Å². The van der Waals surface area contributed by atoms with Crippen LogP contribution >= 0.6 is 0 Å². The number of nitrogens with zero attached hydrogens (tertiary/aromatic N) is 2. The maximum absolute atomic E-state index is 11.1. The Morgan fingerprint density at radius 1 is 0.783 bits per heavy atom. The summed E-state index contributed by atoms with van der Waals surface area (Å²) in [5, 5.41) is 3.26. The van der Waals surface area contributed by atoms with Crippen LogP contribution in [-0.4, -0.2) is 12.1 Å². The van der Waals surface area contributed by atoms with Gasteiger partial charge in [-0.2, -0.15) is 0 Å². The van der Waals surface area contributed by atoms with Crippen LogP contribution in [0.4, 0.5) is 21.0 Å². The first-order valence-corrected chi connectivity index (χ1v) is 6.53. The molecule has 0 aliphatic carbocycles.